The highest BCUT2D eigenvalue weighted by atomic mass is 16.2. The van der Waals surface area contributed by atoms with Gasteiger partial charge in [0.05, 0.1) is 0 Å². The Morgan fingerprint density at radius 3 is 2.22 bits per heavy atom. The summed E-state index contributed by atoms with van der Waals surface area (Å²) in [5.74, 6) is 0.411. The first-order chi connectivity index (χ1) is 13.0. The molecule has 0 saturated heterocycles. The molecule has 0 aliphatic heterocycles. The number of carbonyl (C=O) groups excluding carboxylic acids is 2. The molecule has 0 aliphatic rings. The number of hydrogen-bond donors (Lipinski definition) is 1. The van der Waals surface area contributed by atoms with Crippen molar-refractivity contribution in [3.63, 3.8) is 0 Å². The Bertz CT molecular complexity index is 724. The van der Waals surface area contributed by atoms with Crippen molar-refractivity contribution in [1.82, 2.24) is 4.90 Å². The van der Waals surface area contributed by atoms with Crippen LogP contribution in [0.4, 0.5) is 5.69 Å². The van der Waals surface area contributed by atoms with E-state index in [4.69, 9.17) is 0 Å². The van der Waals surface area contributed by atoms with E-state index in [0.717, 1.165) is 18.5 Å². The number of benzene rings is 2. The average molecular weight is 367 g/mol. The average Bonchev–Trinajstić information content (AvgIpc) is 2.65. The second kappa shape index (κ2) is 10.5. The van der Waals surface area contributed by atoms with Crippen molar-refractivity contribution in [3.05, 3.63) is 65.7 Å². The van der Waals surface area contributed by atoms with Gasteiger partial charge in [-0.2, -0.15) is 0 Å². The molecule has 2 aromatic rings. The Kier molecular flexibility index (Phi) is 8.05. The van der Waals surface area contributed by atoms with E-state index in [0.29, 0.717) is 25.4 Å². The van der Waals surface area contributed by atoms with Crippen LogP contribution < -0.4 is 5.32 Å². The number of hydrogen-bond acceptors (Lipinski definition) is 2. The van der Waals surface area contributed by atoms with Gasteiger partial charge in [0.2, 0.25) is 11.8 Å². The fourth-order valence-electron chi connectivity index (χ4n) is 2.96. The van der Waals surface area contributed by atoms with Crippen molar-refractivity contribution < 1.29 is 9.59 Å². The van der Waals surface area contributed by atoms with Gasteiger partial charge in [-0.25, -0.2) is 0 Å². The molecular weight excluding hydrogens is 336 g/mol. The number of rotatable bonds is 9. The van der Waals surface area contributed by atoms with E-state index in [9.17, 15) is 9.59 Å². The van der Waals surface area contributed by atoms with E-state index in [1.54, 1.807) is 11.8 Å². The fourth-order valence-corrected chi connectivity index (χ4v) is 2.96. The summed E-state index contributed by atoms with van der Waals surface area (Å²) in [6.07, 6.45) is 2.12. The summed E-state index contributed by atoms with van der Waals surface area (Å²) in [7, 11) is 0. The third-order valence-corrected chi connectivity index (χ3v) is 4.65. The van der Waals surface area contributed by atoms with E-state index >= 15 is 0 Å². The first-order valence-electron chi connectivity index (χ1n) is 9.65. The predicted octanol–water partition coefficient (Wildman–Crippen LogP) is 4.62. The van der Waals surface area contributed by atoms with Gasteiger partial charge in [-0.05, 0) is 42.0 Å². The highest BCUT2D eigenvalue weighted by molar-refractivity contribution is 5.91. The van der Waals surface area contributed by atoms with Crippen molar-refractivity contribution in [2.75, 3.05) is 18.4 Å². The molecular formula is C23H30N2O2. The first-order valence-corrected chi connectivity index (χ1v) is 9.65. The van der Waals surface area contributed by atoms with Gasteiger partial charge in [0, 0.05) is 32.1 Å². The summed E-state index contributed by atoms with van der Waals surface area (Å²) in [4.78, 5) is 25.8. The predicted molar refractivity (Wildman–Crippen MR) is 111 cm³/mol. The lowest BCUT2D eigenvalue weighted by Crippen LogP contribution is -2.33. The zero-order chi connectivity index (χ0) is 19.6. The first kappa shape index (κ1) is 20.7. The number of amides is 2. The van der Waals surface area contributed by atoms with E-state index in [1.165, 1.54) is 11.1 Å². The number of carbonyl (C=O) groups is 2. The minimum Gasteiger partial charge on any atom is -0.342 e. The minimum atomic E-state index is -0.0680. The lowest BCUT2D eigenvalue weighted by molar-refractivity contribution is -0.129. The molecule has 0 heterocycles. The molecule has 0 aliphatic carbocycles. The van der Waals surface area contributed by atoms with Crippen molar-refractivity contribution in [2.24, 2.45) is 0 Å². The molecule has 27 heavy (non-hydrogen) atoms. The number of nitrogens with one attached hydrogen (secondary N) is 1. The highest BCUT2D eigenvalue weighted by Gasteiger charge is 2.11. The maximum atomic E-state index is 12.2. The van der Waals surface area contributed by atoms with Crippen LogP contribution in [-0.2, 0) is 16.0 Å². The van der Waals surface area contributed by atoms with Crippen LogP contribution in [0.25, 0.3) is 0 Å². The number of nitrogens with zero attached hydrogens (tertiary/aromatic N) is 1. The lowest BCUT2D eigenvalue weighted by atomic mass is 10.0. The van der Waals surface area contributed by atoms with Crippen LogP contribution in [0.3, 0.4) is 0 Å². The third kappa shape index (κ3) is 7.26. The van der Waals surface area contributed by atoms with Crippen molar-refractivity contribution in [2.45, 2.75) is 46.0 Å². The highest BCUT2D eigenvalue weighted by Crippen LogP contribution is 2.17. The van der Waals surface area contributed by atoms with Crippen molar-refractivity contribution >= 4 is 17.5 Å². The second-order valence-electron chi connectivity index (χ2n) is 7.17. The van der Waals surface area contributed by atoms with Crippen LogP contribution in [0.2, 0.25) is 0 Å². The van der Waals surface area contributed by atoms with Crippen molar-refractivity contribution in [1.29, 1.82) is 0 Å². The molecule has 4 nitrogen and oxygen atoms in total. The number of aryl methyl sites for hydroxylation is 1. The smallest absolute Gasteiger partial charge is 0.226 e. The maximum Gasteiger partial charge on any atom is 0.226 e. The Balaban J connectivity index is 1.77. The van der Waals surface area contributed by atoms with E-state index in [2.05, 4.69) is 31.3 Å². The summed E-state index contributed by atoms with van der Waals surface area (Å²) in [5.41, 5.74) is 3.31. The van der Waals surface area contributed by atoms with Gasteiger partial charge in [0.15, 0.2) is 0 Å². The zero-order valence-electron chi connectivity index (χ0n) is 16.6. The summed E-state index contributed by atoms with van der Waals surface area (Å²) in [6.45, 7) is 6.95. The standard InChI is InChI=1S/C23H30N2O2/c1-18(2)21-11-13-22(14-12-21)24-23(27)15-17-25(19(3)26)16-7-10-20-8-5-4-6-9-20/h4-6,8-9,11-14,18H,7,10,15-17H2,1-3H3,(H,24,27). The molecule has 0 atom stereocenters. The van der Waals surface area contributed by atoms with Gasteiger partial charge in [0.1, 0.15) is 0 Å². The van der Waals surface area contributed by atoms with Crippen LogP contribution in [-0.4, -0.2) is 29.8 Å². The number of anilines is 1. The molecule has 0 saturated carbocycles. The molecule has 0 aromatic heterocycles. The van der Waals surface area contributed by atoms with E-state index in [-0.39, 0.29) is 11.8 Å². The quantitative estimate of drug-likeness (QED) is 0.704. The van der Waals surface area contributed by atoms with Crippen LogP contribution >= 0.6 is 0 Å². The van der Waals surface area contributed by atoms with E-state index in [1.807, 2.05) is 42.5 Å². The Labute approximate surface area is 162 Å². The normalized spacial score (nSPS) is 10.7. The fraction of sp³-hybridized carbons (Fsp3) is 0.391. The molecule has 0 bridgehead atoms. The molecule has 0 fully saturated rings. The summed E-state index contributed by atoms with van der Waals surface area (Å²) in [6, 6.07) is 18.2. The summed E-state index contributed by atoms with van der Waals surface area (Å²) in [5, 5.41) is 2.91. The molecule has 2 aromatic carbocycles. The molecule has 2 rings (SSSR count). The Hall–Kier alpha value is -2.62. The molecule has 0 unspecified atom stereocenters. The van der Waals surface area contributed by atoms with Crippen LogP contribution in [0.1, 0.15) is 50.7 Å². The lowest BCUT2D eigenvalue weighted by Gasteiger charge is -2.21. The minimum absolute atomic E-state index is 0.0112. The molecule has 144 valence electrons. The van der Waals surface area contributed by atoms with Crippen molar-refractivity contribution in [3.8, 4) is 0 Å². The zero-order valence-corrected chi connectivity index (χ0v) is 16.6. The largest absolute Gasteiger partial charge is 0.342 e. The summed E-state index contributed by atoms with van der Waals surface area (Å²) < 4.78 is 0. The Morgan fingerprint density at radius 2 is 1.63 bits per heavy atom. The monoisotopic (exact) mass is 366 g/mol. The molecule has 0 radical (unpaired) electrons. The van der Waals surface area contributed by atoms with Gasteiger partial charge in [-0.15, -0.1) is 0 Å². The van der Waals surface area contributed by atoms with Gasteiger partial charge >= 0.3 is 0 Å². The molecule has 1 N–H and O–H groups in total. The van der Waals surface area contributed by atoms with Gasteiger partial charge in [-0.1, -0.05) is 56.3 Å². The molecule has 0 spiro atoms. The SMILES string of the molecule is CC(=O)N(CCCc1ccccc1)CCC(=O)Nc1ccc(C(C)C)cc1. The maximum absolute atomic E-state index is 12.2. The Morgan fingerprint density at radius 1 is 0.963 bits per heavy atom. The van der Waals surface area contributed by atoms with Crippen LogP contribution in [0.15, 0.2) is 54.6 Å². The molecule has 4 heteroatoms. The van der Waals surface area contributed by atoms with Gasteiger partial charge in [0.25, 0.3) is 0 Å². The van der Waals surface area contributed by atoms with Crippen LogP contribution in [0.5, 0.6) is 0 Å². The third-order valence-electron chi connectivity index (χ3n) is 4.65. The van der Waals surface area contributed by atoms with Crippen LogP contribution in [0, 0.1) is 0 Å². The van der Waals surface area contributed by atoms with E-state index < -0.39 is 0 Å². The van der Waals surface area contributed by atoms with Gasteiger partial charge < -0.3 is 10.2 Å². The van der Waals surface area contributed by atoms with Gasteiger partial charge in [-0.3, -0.25) is 9.59 Å². The topological polar surface area (TPSA) is 49.4 Å². The second-order valence-corrected chi connectivity index (χ2v) is 7.17. The molecule has 2 amide bonds. The summed E-state index contributed by atoms with van der Waals surface area (Å²) >= 11 is 0.